The molecule has 1 aliphatic rings. The van der Waals surface area contributed by atoms with E-state index in [1.807, 2.05) is 27.7 Å². The predicted octanol–water partition coefficient (Wildman–Crippen LogP) is 2.25. The normalized spacial score (nSPS) is 20.6. The van der Waals surface area contributed by atoms with Gasteiger partial charge in [-0.15, -0.1) is 6.58 Å². The van der Waals surface area contributed by atoms with Crippen LogP contribution in [0.3, 0.4) is 0 Å². The van der Waals surface area contributed by atoms with Crippen LogP contribution in [0.5, 0.6) is 0 Å². The van der Waals surface area contributed by atoms with Crippen molar-refractivity contribution in [1.29, 1.82) is 0 Å². The van der Waals surface area contributed by atoms with Crippen LogP contribution in [0.4, 0.5) is 4.39 Å². The Bertz CT molecular complexity index is 486. The minimum absolute atomic E-state index is 0.355. The third-order valence-corrected chi connectivity index (χ3v) is 3.89. The first-order valence-corrected chi connectivity index (χ1v) is 6.37. The summed E-state index contributed by atoms with van der Waals surface area (Å²) in [6.07, 6.45) is 4.89. The number of rotatable bonds is 3. The van der Waals surface area contributed by atoms with Gasteiger partial charge in [-0.2, -0.15) is 0 Å². The fourth-order valence-electron chi connectivity index (χ4n) is 2.01. The predicted molar refractivity (Wildman–Crippen MR) is 73.8 cm³/mol. The summed E-state index contributed by atoms with van der Waals surface area (Å²) in [7, 11) is -0.594. The molecule has 0 spiro atoms. The smallest absolute Gasteiger partial charge is 0.399 e. The molecule has 1 aromatic heterocycles. The van der Waals surface area contributed by atoms with Gasteiger partial charge in [0.1, 0.15) is 5.82 Å². The molecular weight excluding hydrogens is 244 g/mol. The van der Waals surface area contributed by atoms with Crippen molar-refractivity contribution in [3.05, 3.63) is 36.4 Å². The fourth-order valence-corrected chi connectivity index (χ4v) is 2.01. The topological polar surface area (TPSA) is 31.4 Å². The van der Waals surface area contributed by atoms with Crippen LogP contribution in [0.25, 0.3) is 0 Å². The van der Waals surface area contributed by atoms with Gasteiger partial charge in [-0.05, 0) is 39.7 Å². The number of allylic oxidation sites excluding steroid dienone is 1. The summed E-state index contributed by atoms with van der Waals surface area (Å²) in [6.45, 7) is 11.5. The molecule has 1 saturated heterocycles. The zero-order chi connectivity index (χ0) is 14.3. The Morgan fingerprint density at radius 2 is 1.84 bits per heavy atom. The molecule has 0 amide bonds. The van der Waals surface area contributed by atoms with Crippen molar-refractivity contribution < 1.29 is 13.7 Å². The van der Waals surface area contributed by atoms with E-state index in [-0.39, 0.29) is 5.82 Å². The first-order chi connectivity index (χ1) is 8.78. The van der Waals surface area contributed by atoms with Crippen LogP contribution in [0.15, 0.2) is 25.0 Å². The molecule has 1 fully saturated rings. The minimum atomic E-state index is -0.594. The maximum Gasteiger partial charge on any atom is 0.496 e. The van der Waals surface area contributed by atoms with Crippen molar-refractivity contribution in [2.45, 2.75) is 45.3 Å². The van der Waals surface area contributed by atoms with Crippen molar-refractivity contribution in [1.82, 2.24) is 4.98 Å². The minimum Gasteiger partial charge on any atom is -0.399 e. The molecule has 0 unspecified atom stereocenters. The molecule has 0 N–H and O–H groups in total. The van der Waals surface area contributed by atoms with E-state index in [1.54, 1.807) is 12.3 Å². The van der Waals surface area contributed by atoms with Crippen LogP contribution in [-0.4, -0.2) is 23.3 Å². The third kappa shape index (κ3) is 2.45. The second kappa shape index (κ2) is 4.73. The van der Waals surface area contributed by atoms with Gasteiger partial charge in [0.2, 0.25) is 0 Å². The largest absolute Gasteiger partial charge is 0.496 e. The van der Waals surface area contributed by atoms with E-state index in [1.165, 1.54) is 6.20 Å². The van der Waals surface area contributed by atoms with Crippen molar-refractivity contribution in [2.24, 2.45) is 0 Å². The molecular formula is C14H19BFNO2. The van der Waals surface area contributed by atoms with Gasteiger partial charge in [-0.25, -0.2) is 4.39 Å². The number of nitrogens with zero attached hydrogens (tertiary/aromatic N) is 1. The molecule has 0 aliphatic carbocycles. The van der Waals surface area contributed by atoms with E-state index in [2.05, 4.69) is 11.6 Å². The highest BCUT2D eigenvalue weighted by atomic mass is 19.1. The highest BCUT2D eigenvalue weighted by Gasteiger charge is 2.52. The Hall–Kier alpha value is -1.20. The van der Waals surface area contributed by atoms with E-state index in [0.717, 1.165) is 0 Å². The van der Waals surface area contributed by atoms with Gasteiger partial charge < -0.3 is 9.31 Å². The molecule has 19 heavy (non-hydrogen) atoms. The molecule has 0 saturated carbocycles. The van der Waals surface area contributed by atoms with Gasteiger partial charge in [0.05, 0.1) is 17.4 Å². The third-order valence-electron chi connectivity index (χ3n) is 3.89. The molecule has 0 atom stereocenters. The highest BCUT2D eigenvalue weighted by Crippen LogP contribution is 2.36. The summed E-state index contributed by atoms with van der Waals surface area (Å²) < 4.78 is 25.7. The van der Waals surface area contributed by atoms with Crippen molar-refractivity contribution >= 4 is 12.6 Å². The molecule has 2 rings (SSSR count). The van der Waals surface area contributed by atoms with Crippen LogP contribution < -0.4 is 5.46 Å². The van der Waals surface area contributed by atoms with E-state index in [0.29, 0.717) is 17.4 Å². The average molecular weight is 263 g/mol. The number of hydrogen-bond acceptors (Lipinski definition) is 3. The monoisotopic (exact) mass is 263 g/mol. The lowest BCUT2D eigenvalue weighted by Crippen LogP contribution is -2.41. The standard InChI is InChI=1S/C14H19BFNO2/c1-6-7-10-11(8-17-9-12(10)16)15-18-13(2,3)14(4,5)19-15/h6,8-9H,1,7H2,2-5H3. The lowest BCUT2D eigenvalue weighted by Gasteiger charge is -2.32. The molecule has 5 heteroatoms. The second-order valence-corrected chi connectivity index (χ2v) is 5.77. The average Bonchev–Trinajstić information content (AvgIpc) is 2.51. The number of pyridine rings is 1. The molecule has 0 radical (unpaired) electrons. The maximum atomic E-state index is 13.9. The van der Waals surface area contributed by atoms with Crippen molar-refractivity contribution in [3.63, 3.8) is 0 Å². The van der Waals surface area contributed by atoms with Crippen LogP contribution in [0, 0.1) is 5.82 Å². The zero-order valence-electron chi connectivity index (χ0n) is 11.9. The molecule has 0 bridgehead atoms. The van der Waals surface area contributed by atoms with Gasteiger partial charge in [0.15, 0.2) is 0 Å². The van der Waals surface area contributed by atoms with Gasteiger partial charge in [-0.3, -0.25) is 4.98 Å². The van der Waals surface area contributed by atoms with Crippen LogP contribution in [-0.2, 0) is 15.7 Å². The number of aromatic nitrogens is 1. The Morgan fingerprint density at radius 1 is 1.26 bits per heavy atom. The van der Waals surface area contributed by atoms with E-state index < -0.39 is 18.3 Å². The first-order valence-electron chi connectivity index (χ1n) is 6.37. The van der Waals surface area contributed by atoms with E-state index >= 15 is 0 Å². The van der Waals surface area contributed by atoms with Crippen LogP contribution in [0.1, 0.15) is 33.3 Å². The molecule has 1 aromatic rings. The van der Waals surface area contributed by atoms with E-state index in [9.17, 15) is 4.39 Å². The number of halogens is 1. The Kier molecular flexibility index (Phi) is 3.54. The summed E-state index contributed by atoms with van der Waals surface area (Å²) in [5.41, 5.74) is 0.271. The lowest BCUT2D eigenvalue weighted by molar-refractivity contribution is 0.00578. The summed E-state index contributed by atoms with van der Waals surface area (Å²) in [6, 6.07) is 0. The summed E-state index contributed by atoms with van der Waals surface area (Å²) in [5.74, 6) is -0.355. The second-order valence-electron chi connectivity index (χ2n) is 5.77. The summed E-state index contributed by atoms with van der Waals surface area (Å²) in [4.78, 5) is 3.90. The van der Waals surface area contributed by atoms with Gasteiger partial charge in [0.25, 0.3) is 0 Å². The summed E-state index contributed by atoms with van der Waals surface area (Å²) in [5, 5.41) is 0. The SMILES string of the molecule is C=CCc1c(F)cncc1B1OC(C)(C)C(C)(C)O1. The molecule has 1 aliphatic heterocycles. The summed E-state index contributed by atoms with van der Waals surface area (Å²) >= 11 is 0. The maximum absolute atomic E-state index is 13.9. The molecule has 102 valence electrons. The molecule has 2 heterocycles. The Morgan fingerprint density at radius 3 is 2.37 bits per heavy atom. The van der Waals surface area contributed by atoms with Gasteiger partial charge in [0, 0.05) is 11.7 Å². The lowest BCUT2D eigenvalue weighted by atomic mass is 9.76. The fraction of sp³-hybridized carbons (Fsp3) is 0.500. The van der Waals surface area contributed by atoms with Gasteiger partial charge >= 0.3 is 7.12 Å². The highest BCUT2D eigenvalue weighted by molar-refractivity contribution is 6.62. The van der Waals surface area contributed by atoms with Gasteiger partial charge in [-0.1, -0.05) is 6.08 Å². The van der Waals surface area contributed by atoms with Crippen molar-refractivity contribution in [3.8, 4) is 0 Å². The Labute approximate surface area is 114 Å². The first kappa shape index (κ1) is 14.2. The zero-order valence-corrected chi connectivity index (χ0v) is 11.9. The number of hydrogen-bond donors (Lipinski definition) is 0. The quantitative estimate of drug-likeness (QED) is 0.619. The molecule has 0 aromatic carbocycles. The van der Waals surface area contributed by atoms with E-state index in [4.69, 9.17) is 9.31 Å². The van der Waals surface area contributed by atoms with Crippen LogP contribution >= 0.6 is 0 Å². The van der Waals surface area contributed by atoms with Crippen molar-refractivity contribution in [2.75, 3.05) is 0 Å². The molecule has 3 nitrogen and oxygen atoms in total. The van der Waals surface area contributed by atoms with Crippen LogP contribution in [0.2, 0.25) is 0 Å². The Balaban J connectivity index is 2.39.